The van der Waals surface area contributed by atoms with Crippen molar-refractivity contribution in [2.24, 2.45) is 0 Å². The number of benzene rings is 2. The molecular weight excluding hydrogens is 271 g/mol. The first-order valence-electron chi connectivity index (χ1n) is 6.38. The molecule has 5 heteroatoms. The first-order valence-corrected chi connectivity index (χ1v) is 6.38. The Labute approximate surface area is 121 Å². The van der Waals surface area contributed by atoms with Gasteiger partial charge in [-0.05, 0) is 42.5 Å². The standard InChI is InChI=1S/C16H13FN2O2/c1-20-12-3-5-13(6-4-12)21-16-10-11(17)2-7-14(16)15-8-9-18-19-15/h2-10H,1H3,(H,18,19). The zero-order valence-electron chi connectivity index (χ0n) is 11.3. The summed E-state index contributed by atoms with van der Waals surface area (Å²) < 4.78 is 24.3. The van der Waals surface area contributed by atoms with Gasteiger partial charge in [-0.15, -0.1) is 0 Å². The lowest BCUT2D eigenvalue weighted by Crippen LogP contribution is -1.90. The molecular formula is C16H13FN2O2. The van der Waals surface area contributed by atoms with Crippen molar-refractivity contribution in [2.45, 2.75) is 0 Å². The largest absolute Gasteiger partial charge is 0.497 e. The van der Waals surface area contributed by atoms with Crippen LogP contribution in [0.5, 0.6) is 17.2 Å². The second-order valence-corrected chi connectivity index (χ2v) is 4.38. The van der Waals surface area contributed by atoms with Crippen LogP contribution >= 0.6 is 0 Å². The minimum absolute atomic E-state index is 0.363. The van der Waals surface area contributed by atoms with E-state index < -0.39 is 0 Å². The molecule has 0 radical (unpaired) electrons. The van der Waals surface area contributed by atoms with Crippen molar-refractivity contribution in [1.82, 2.24) is 10.2 Å². The summed E-state index contributed by atoms with van der Waals surface area (Å²) >= 11 is 0. The van der Waals surface area contributed by atoms with Gasteiger partial charge in [0.15, 0.2) is 0 Å². The van der Waals surface area contributed by atoms with Crippen LogP contribution in [0.1, 0.15) is 0 Å². The molecule has 0 fully saturated rings. The van der Waals surface area contributed by atoms with Crippen LogP contribution in [0, 0.1) is 5.82 Å². The van der Waals surface area contributed by atoms with Gasteiger partial charge >= 0.3 is 0 Å². The number of aromatic amines is 1. The van der Waals surface area contributed by atoms with Gasteiger partial charge in [0.2, 0.25) is 0 Å². The molecule has 0 spiro atoms. The van der Waals surface area contributed by atoms with E-state index in [0.717, 1.165) is 5.75 Å². The number of nitrogens with zero attached hydrogens (tertiary/aromatic N) is 1. The second-order valence-electron chi connectivity index (χ2n) is 4.38. The molecule has 1 heterocycles. The summed E-state index contributed by atoms with van der Waals surface area (Å²) in [5.74, 6) is 1.37. The van der Waals surface area contributed by atoms with Gasteiger partial charge in [0.05, 0.1) is 12.8 Å². The van der Waals surface area contributed by atoms with Crippen LogP contribution in [0.15, 0.2) is 54.7 Å². The van der Waals surface area contributed by atoms with E-state index in [4.69, 9.17) is 9.47 Å². The Hall–Kier alpha value is -2.82. The van der Waals surface area contributed by atoms with E-state index in [1.54, 1.807) is 49.7 Å². The minimum Gasteiger partial charge on any atom is -0.497 e. The topological polar surface area (TPSA) is 47.1 Å². The lowest BCUT2D eigenvalue weighted by Gasteiger charge is -2.10. The number of hydrogen-bond acceptors (Lipinski definition) is 3. The Kier molecular flexibility index (Phi) is 3.55. The first kappa shape index (κ1) is 13.2. The molecule has 21 heavy (non-hydrogen) atoms. The van der Waals surface area contributed by atoms with E-state index in [-0.39, 0.29) is 5.82 Å². The molecule has 4 nitrogen and oxygen atoms in total. The van der Waals surface area contributed by atoms with Crippen molar-refractivity contribution < 1.29 is 13.9 Å². The van der Waals surface area contributed by atoms with Crippen LogP contribution < -0.4 is 9.47 Å². The zero-order valence-corrected chi connectivity index (χ0v) is 11.3. The number of rotatable bonds is 4. The van der Waals surface area contributed by atoms with Crippen LogP contribution in [0.25, 0.3) is 11.3 Å². The fourth-order valence-electron chi connectivity index (χ4n) is 1.97. The van der Waals surface area contributed by atoms with Crippen LogP contribution in [0.3, 0.4) is 0 Å². The van der Waals surface area contributed by atoms with Crippen molar-refractivity contribution in [3.05, 3.63) is 60.5 Å². The first-order chi connectivity index (χ1) is 10.3. The maximum absolute atomic E-state index is 13.5. The summed E-state index contributed by atoms with van der Waals surface area (Å²) in [5, 5.41) is 6.83. The summed E-state index contributed by atoms with van der Waals surface area (Å²) in [6.07, 6.45) is 1.70. The van der Waals surface area contributed by atoms with Gasteiger partial charge < -0.3 is 9.47 Å². The summed E-state index contributed by atoms with van der Waals surface area (Å²) in [6, 6.07) is 13.2. The Bertz CT molecular complexity index is 725. The molecule has 1 N–H and O–H groups in total. The Morgan fingerprint density at radius 3 is 2.43 bits per heavy atom. The van der Waals surface area contributed by atoms with Gasteiger partial charge in [0.25, 0.3) is 0 Å². The Morgan fingerprint density at radius 2 is 1.76 bits per heavy atom. The molecule has 1 aromatic heterocycles. The highest BCUT2D eigenvalue weighted by Gasteiger charge is 2.11. The third kappa shape index (κ3) is 2.86. The zero-order chi connectivity index (χ0) is 14.7. The van der Waals surface area contributed by atoms with Crippen LogP contribution in [-0.2, 0) is 0 Å². The Morgan fingerprint density at radius 1 is 1.00 bits per heavy atom. The molecule has 0 aliphatic rings. The van der Waals surface area contributed by atoms with Gasteiger partial charge in [0, 0.05) is 17.8 Å². The SMILES string of the molecule is COc1ccc(Oc2cc(F)ccc2-c2cc[nH]n2)cc1. The van der Waals surface area contributed by atoms with Crippen molar-refractivity contribution in [3.63, 3.8) is 0 Å². The minimum atomic E-state index is -0.363. The predicted molar refractivity (Wildman–Crippen MR) is 77.0 cm³/mol. The maximum Gasteiger partial charge on any atom is 0.139 e. The maximum atomic E-state index is 13.5. The molecule has 0 saturated heterocycles. The van der Waals surface area contributed by atoms with Crippen molar-refractivity contribution in [3.8, 4) is 28.5 Å². The Balaban J connectivity index is 1.95. The third-order valence-corrected chi connectivity index (χ3v) is 3.01. The summed E-state index contributed by atoms with van der Waals surface area (Å²) in [4.78, 5) is 0. The number of hydrogen-bond donors (Lipinski definition) is 1. The van der Waals surface area contributed by atoms with Crippen LogP contribution in [-0.4, -0.2) is 17.3 Å². The average Bonchev–Trinajstić information content (AvgIpc) is 3.02. The number of H-pyrrole nitrogens is 1. The molecule has 0 atom stereocenters. The average molecular weight is 284 g/mol. The molecule has 0 amide bonds. The highest BCUT2D eigenvalue weighted by atomic mass is 19.1. The van der Waals surface area contributed by atoms with Gasteiger partial charge in [-0.25, -0.2) is 4.39 Å². The van der Waals surface area contributed by atoms with Gasteiger partial charge in [-0.2, -0.15) is 5.10 Å². The summed E-state index contributed by atoms with van der Waals surface area (Å²) in [7, 11) is 1.60. The highest BCUT2D eigenvalue weighted by Crippen LogP contribution is 2.33. The van der Waals surface area contributed by atoms with Gasteiger partial charge in [-0.3, -0.25) is 5.10 Å². The summed E-state index contributed by atoms with van der Waals surface area (Å²) in [5.41, 5.74) is 1.41. The molecule has 0 aliphatic carbocycles. The molecule has 0 bridgehead atoms. The van der Waals surface area contributed by atoms with E-state index >= 15 is 0 Å². The van der Waals surface area contributed by atoms with E-state index in [2.05, 4.69) is 10.2 Å². The molecule has 0 aliphatic heterocycles. The van der Waals surface area contributed by atoms with Crippen LogP contribution in [0.2, 0.25) is 0 Å². The van der Waals surface area contributed by atoms with E-state index in [1.165, 1.54) is 12.1 Å². The molecule has 2 aromatic carbocycles. The number of halogens is 1. The van der Waals surface area contributed by atoms with Crippen LogP contribution in [0.4, 0.5) is 4.39 Å². The quantitative estimate of drug-likeness (QED) is 0.787. The fourth-order valence-corrected chi connectivity index (χ4v) is 1.97. The van der Waals surface area contributed by atoms with E-state index in [1.807, 2.05) is 0 Å². The smallest absolute Gasteiger partial charge is 0.139 e. The number of methoxy groups -OCH3 is 1. The highest BCUT2D eigenvalue weighted by molar-refractivity contribution is 5.67. The van der Waals surface area contributed by atoms with Crippen molar-refractivity contribution in [1.29, 1.82) is 0 Å². The third-order valence-electron chi connectivity index (χ3n) is 3.01. The normalized spacial score (nSPS) is 10.4. The molecule has 0 saturated carbocycles. The lowest BCUT2D eigenvalue weighted by atomic mass is 10.1. The molecule has 3 aromatic rings. The summed E-state index contributed by atoms with van der Waals surface area (Å²) in [6.45, 7) is 0. The number of nitrogens with one attached hydrogen (secondary N) is 1. The second kappa shape index (κ2) is 5.66. The number of ether oxygens (including phenoxy) is 2. The van der Waals surface area contributed by atoms with Crippen molar-refractivity contribution in [2.75, 3.05) is 7.11 Å². The van der Waals surface area contributed by atoms with Crippen molar-refractivity contribution >= 4 is 0 Å². The molecule has 3 rings (SSSR count). The van der Waals surface area contributed by atoms with E-state index in [9.17, 15) is 4.39 Å². The number of aromatic nitrogens is 2. The lowest BCUT2D eigenvalue weighted by molar-refractivity contribution is 0.412. The molecule has 0 unspecified atom stereocenters. The fraction of sp³-hybridized carbons (Fsp3) is 0.0625. The van der Waals surface area contributed by atoms with Gasteiger partial charge in [-0.1, -0.05) is 0 Å². The molecule has 106 valence electrons. The van der Waals surface area contributed by atoms with E-state index in [0.29, 0.717) is 22.8 Å². The van der Waals surface area contributed by atoms with Gasteiger partial charge in [0.1, 0.15) is 23.1 Å². The predicted octanol–water partition coefficient (Wildman–Crippen LogP) is 4.02. The monoisotopic (exact) mass is 284 g/mol.